The highest BCUT2D eigenvalue weighted by molar-refractivity contribution is 14.0. The van der Waals surface area contributed by atoms with E-state index in [4.69, 9.17) is 0 Å². The average Bonchev–Trinajstić information content (AvgIpc) is 3.05. The van der Waals surface area contributed by atoms with Crippen LogP contribution in [0, 0.1) is 0 Å². The molecule has 0 spiro atoms. The number of aromatic hydroxyl groups is 1. The predicted molar refractivity (Wildman–Crippen MR) is 123 cm³/mol. The van der Waals surface area contributed by atoms with Gasteiger partial charge in [-0.15, -0.1) is 24.0 Å². The minimum absolute atomic E-state index is 0. The summed E-state index contributed by atoms with van der Waals surface area (Å²) >= 11 is 0. The number of hydrogen-bond acceptors (Lipinski definition) is 2. The Labute approximate surface area is 177 Å². The number of hydrogen-bond donors (Lipinski definition) is 4. The molecule has 0 atom stereocenters. The molecular weight excluding hydrogens is 451 g/mol. The number of aliphatic imine (C=N–C) groups is 1. The Morgan fingerprint density at radius 1 is 1.07 bits per heavy atom. The molecule has 0 amide bonds. The van der Waals surface area contributed by atoms with Gasteiger partial charge in [0.15, 0.2) is 5.96 Å². The second-order valence-corrected chi connectivity index (χ2v) is 6.22. The fourth-order valence-electron chi connectivity index (χ4n) is 3.01. The van der Waals surface area contributed by atoms with Gasteiger partial charge in [0.1, 0.15) is 5.75 Å². The number of H-pyrrole nitrogens is 1. The van der Waals surface area contributed by atoms with E-state index in [1.807, 2.05) is 18.2 Å². The van der Waals surface area contributed by atoms with Gasteiger partial charge in [0.25, 0.3) is 0 Å². The van der Waals surface area contributed by atoms with E-state index < -0.39 is 0 Å². The van der Waals surface area contributed by atoms with Crippen molar-refractivity contribution in [3.63, 3.8) is 0 Å². The average molecular weight is 478 g/mol. The summed E-state index contributed by atoms with van der Waals surface area (Å²) in [6.45, 7) is 4.38. The van der Waals surface area contributed by atoms with E-state index in [0.717, 1.165) is 44.0 Å². The molecule has 6 heteroatoms. The third-order valence-electron chi connectivity index (χ3n) is 4.29. The molecule has 144 valence electrons. The fraction of sp³-hybridized carbons (Fsp3) is 0.286. The number of aromatic amines is 1. The number of fused-ring (bicyclic) bond motifs is 1. The third kappa shape index (κ3) is 6.16. The van der Waals surface area contributed by atoms with Crippen LogP contribution in [0.15, 0.2) is 59.7 Å². The van der Waals surface area contributed by atoms with E-state index in [-0.39, 0.29) is 24.0 Å². The van der Waals surface area contributed by atoms with Gasteiger partial charge in [0.2, 0.25) is 0 Å². The zero-order chi connectivity index (χ0) is 18.2. The lowest BCUT2D eigenvalue weighted by molar-refractivity contribution is 0.474. The van der Waals surface area contributed by atoms with Gasteiger partial charge in [-0.25, -0.2) is 0 Å². The maximum Gasteiger partial charge on any atom is 0.191 e. The maximum atomic E-state index is 9.53. The van der Waals surface area contributed by atoms with Crippen LogP contribution < -0.4 is 10.6 Å². The van der Waals surface area contributed by atoms with Gasteiger partial charge < -0.3 is 20.7 Å². The van der Waals surface area contributed by atoms with E-state index in [2.05, 4.69) is 51.9 Å². The van der Waals surface area contributed by atoms with Crippen LogP contribution in [0.25, 0.3) is 10.9 Å². The second-order valence-electron chi connectivity index (χ2n) is 6.22. The lowest BCUT2D eigenvalue weighted by Gasteiger charge is -2.11. The van der Waals surface area contributed by atoms with E-state index in [1.165, 1.54) is 16.5 Å². The van der Waals surface area contributed by atoms with Crippen LogP contribution in [0.4, 0.5) is 0 Å². The van der Waals surface area contributed by atoms with Crippen LogP contribution >= 0.6 is 24.0 Å². The van der Waals surface area contributed by atoms with Gasteiger partial charge in [0.05, 0.1) is 0 Å². The zero-order valence-corrected chi connectivity index (χ0v) is 17.9. The molecule has 27 heavy (non-hydrogen) atoms. The highest BCUT2D eigenvalue weighted by atomic mass is 127. The van der Waals surface area contributed by atoms with Crippen molar-refractivity contribution in [2.24, 2.45) is 4.99 Å². The van der Waals surface area contributed by atoms with Crippen molar-refractivity contribution in [3.05, 3.63) is 65.9 Å². The van der Waals surface area contributed by atoms with Crippen LogP contribution in [0.2, 0.25) is 0 Å². The summed E-state index contributed by atoms with van der Waals surface area (Å²) in [6.07, 6.45) is 3.80. The van der Waals surface area contributed by atoms with Crippen LogP contribution in [-0.4, -0.2) is 35.7 Å². The third-order valence-corrected chi connectivity index (χ3v) is 4.29. The molecule has 0 aliphatic carbocycles. The molecule has 0 saturated carbocycles. The molecule has 2 aromatic carbocycles. The first kappa shape index (κ1) is 21.1. The number of guanidine groups is 1. The highest BCUT2D eigenvalue weighted by Gasteiger charge is 2.03. The van der Waals surface area contributed by atoms with Crippen molar-refractivity contribution >= 4 is 40.8 Å². The molecule has 0 fully saturated rings. The molecule has 0 radical (unpaired) electrons. The summed E-state index contributed by atoms with van der Waals surface area (Å²) in [5.41, 5.74) is 3.56. The second kappa shape index (κ2) is 10.8. The molecule has 1 heterocycles. The van der Waals surface area contributed by atoms with Crippen molar-refractivity contribution in [2.45, 2.75) is 19.8 Å². The Kier molecular flexibility index (Phi) is 8.44. The molecule has 0 aliphatic heterocycles. The Balaban J connectivity index is 0.00000261. The van der Waals surface area contributed by atoms with Crippen molar-refractivity contribution in [1.29, 1.82) is 0 Å². The molecule has 0 aliphatic rings. The molecule has 0 unspecified atom stereocenters. The summed E-state index contributed by atoms with van der Waals surface area (Å²) in [5, 5.41) is 17.4. The van der Waals surface area contributed by atoms with Crippen LogP contribution in [0.1, 0.15) is 18.1 Å². The SMILES string of the molecule is CCNC(=NCCc1c[nH]c2ccccc12)NCCc1cccc(O)c1.I. The van der Waals surface area contributed by atoms with Gasteiger partial charge in [-0.1, -0.05) is 30.3 Å². The monoisotopic (exact) mass is 478 g/mol. The van der Waals surface area contributed by atoms with Gasteiger partial charge in [-0.2, -0.15) is 0 Å². The number of benzene rings is 2. The molecule has 5 nitrogen and oxygen atoms in total. The van der Waals surface area contributed by atoms with Gasteiger partial charge in [-0.3, -0.25) is 4.99 Å². The Bertz CT molecular complexity index is 875. The lowest BCUT2D eigenvalue weighted by Crippen LogP contribution is -2.38. The minimum Gasteiger partial charge on any atom is -0.508 e. The highest BCUT2D eigenvalue weighted by Crippen LogP contribution is 2.18. The van der Waals surface area contributed by atoms with Gasteiger partial charge >= 0.3 is 0 Å². The quantitative estimate of drug-likeness (QED) is 0.237. The first-order valence-corrected chi connectivity index (χ1v) is 9.11. The molecule has 0 bridgehead atoms. The molecule has 3 rings (SSSR count). The molecule has 1 aromatic heterocycles. The van der Waals surface area contributed by atoms with Crippen molar-refractivity contribution in [1.82, 2.24) is 15.6 Å². The topological polar surface area (TPSA) is 72.4 Å². The van der Waals surface area contributed by atoms with E-state index >= 15 is 0 Å². The van der Waals surface area contributed by atoms with E-state index in [0.29, 0.717) is 5.75 Å². The van der Waals surface area contributed by atoms with E-state index in [1.54, 1.807) is 12.1 Å². The normalized spacial score (nSPS) is 11.2. The maximum absolute atomic E-state index is 9.53. The summed E-state index contributed by atoms with van der Waals surface area (Å²) in [7, 11) is 0. The predicted octanol–water partition coefficient (Wildman–Crippen LogP) is 3.83. The number of phenolic OH excluding ortho intramolecular Hbond substituents is 1. The van der Waals surface area contributed by atoms with Crippen LogP contribution in [0.5, 0.6) is 5.75 Å². The Morgan fingerprint density at radius 2 is 1.93 bits per heavy atom. The number of phenols is 1. The first-order valence-electron chi connectivity index (χ1n) is 9.11. The van der Waals surface area contributed by atoms with E-state index in [9.17, 15) is 5.11 Å². The number of para-hydroxylation sites is 1. The van der Waals surface area contributed by atoms with Gasteiger partial charge in [-0.05, 0) is 49.1 Å². The smallest absolute Gasteiger partial charge is 0.191 e. The first-order chi connectivity index (χ1) is 12.8. The number of nitrogens with zero attached hydrogens (tertiary/aromatic N) is 1. The molecular formula is C21H27IN4O. The molecule has 4 N–H and O–H groups in total. The molecule has 3 aromatic rings. The zero-order valence-electron chi connectivity index (χ0n) is 15.5. The number of nitrogens with one attached hydrogen (secondary N) is 3. The number of halogens is 1. The van der Waals surface area contributed by atoms with Crippen LogP contribution in [-0.2, 0) is 12.8 Å². The Hall–Kier alpha value is -2.22. The minimum atomic E-state index is 0. The summed E-state index contributed by atoms with van der Waals surface area (Å²) in [4.78, 5) is 7.98. The standard InChI is InChI=1S/C21H26N4O.HI/c1-2-22-21(23-12-10-16-6-5-7-18(26)14-16)24-13-11-17-15-25-20-9-4-3-8-19(17)20;/h3-9,14-15,25-26H,2,10-13H2,1H3,(H2,22,23,24);1H. The summed E-state index contributed by atoms with van der Waals surface area (Å²) < 4.78 is 0. The fourth-order valence-corrected chi connectivity index (χ4v) is 3.01. The summed E-state index contributed by atoms with van der Waals surface area (Å²) in [6, 6.07) is 15.7. The van der Waals surface area contributed by atoms with Gasteiger partial charge in [0, 0.05) is 36.7 Å². The van der Waals surface area contributed by atoms with Crippen molar-refractivity contribution in [3.8, 4) is 5.75 Å². The van der Waals surface area contributed by atoms with Crippen molar-refractivity contribution in [2.75, 3.05) is 19.6 Å². The van der Waals surface area contributed by atoms with Crippen molar-refractivity contribution < 1.29 is 5.11 Å². The van der Waals surface area contributed by atoms with Crippen LogP contribution in [0.3, 0.4) is 0 Å². The largest absolute Gasteiger partial charge is 0.508 e. The Morgan fingerprint density at radius 3 is 2.74 bits per heavy atom. The lowest BCUT2D eigenvalue weighted by atomic mass is 10.1. The number of rotatable bonds is 7. The number of aromatic nitrogens is 1. The summed E-state index contributed by atoms with van der Waals surface area (Å²) in [5.74, 6) is 1.13. The molecule has 0 saturated heterocycles.